The van der Waals surface area contributed by atoms with Gasteiger partial charge in [-0.05, 0) is 18.3 Å². The number of rotatable bonds is 4. The molecule has 1 amide bonds. The van der Waals surface area contributed by atoms with E-state index in [1.807, 2.05) is 11.9 Å². The van der Waals surface area contributed by atoms with E-state index >= 15 is 0 Å². The van der Waals surface area contributed by atoms with Crippen molar-refractivity contribution in [1.29, 1.82) is 0 Å². The summed E-state index contributed by atoms with van der Waals surface area (Å²) in [6.45, 7) is 7.08. The molecule has 2 saturated heterocycles. The zero-order chi connectivity index (χ0) is 19.3. The molecule has 2 unspecified atom stereocenters. The van der Waals surface area contributed by atoms with Gasteiger partial charge in [0.2, 0.25) is 5.91 Å². The zero-order valence-corrected chi connectivity index (χ0v) is 17.4. The zero-order valence-electron chi connectivity index (χ0n) is 17.4. The van der Waals surface area contributed by atoms with Gasteiger partial charge in [0.05, 0.1) is 19.8 Å². The van der Waals surface area contributed by atoms with E-state index in [1.165, 1.54) is 38.5 Å². The van der Waals surface area contributed by atoms with Gasteiger partial charge in [0.15, 0.2) is 5.96 Å². The van der Waals surface area contributed by atoms with Crippen LogP contribution in [0.2, 0.25) is 0 Å². The van der Waals surface area contributed by atoms with Gasteiger partial charge >= 0.3 is 0 Å². The Labute approximate surface area is 169 Å². The number of amides is 1. The second kappa shape index (κ2) is 9.44. The number of morpholine rings is 1. The minimum Gasteiger partial charge on any atom is -0.378 e. The van der Waals surface area contributed by atoms with Gasteiger partial charge in [-0.3, -0.25) is 14.7 Å². The Kier molecular flexibility index (Phi) is 6.73. The van der Waals surface area contributed by atoms with E-state index < -0.39 is 0 Å². The number of nitrogens with zero attached hydrogens (tertiary/aromatic N) is 4. The third kappa shape index (κ3) is 4.98. The number of carbonyl (C=O) groups is 1. The topological polar surface area (TPSA) is 60.4 Å². The molecule has 7 heteroatoms. The van der Waals surface area contributed by atoms with Gasteiger partial charge < -0.3 is 19.9 Å². The van der Waals surface area contributed by atoms with Crippen LogP contribution < -0.4 is 5.32 Å². The third-order valence-corrected chi connectivity index (χ3v) is 7.02. The molecule has 0 spiro atoms. The van der Waals surface area contributed by atoms with Crippen LogP contribution in [0.1, 0.15) is 38.5 Å². The smallest absolute Gasteiger partial charge is 0.236 e. The summed E-state index contributed by atoms with van der Waals surface area (Å²) in [6.07, 6.45) is 8.45. The first-order valence-electron chi connectivity index (χ1n) is 11.3. The largest absolute Gasteiger partial charge is 0.378 e. The van der Waals surface area contributed by atoms with E-state index in [2.05, 4.69) is 20.1 Å². The Morgan fingerprint density at radius 2 is 1.71 bits per heavy atom. The summed E-state index contributed by atoms with van der Waals surface area (Å²) in [5.41, 5.74) is 0. The quantitative estimate of drug-likeness (QED) is 0.572. The van der Waals surface area contributed by atoms with Crippen LogP contribution in [-0.4, -0.2) is 98.7 Å². The molecule has 2 aliphatic heterocycles. The van der Waals surface area contributed by atoms with Crippen LogP contribution >= 0.6 is 0 Å². The van der Waals surface area contributed by atoms with Crippen LogP contribution in [0.3, 0.4) is 0 Å². The molecule has 0 aromatic heterocycles. The lowest BCUT2D eigenvalue weighted by molar-refractivity contribution is -0.136. The molecule has 0 aromatic carbocycles. The minimum atomic E-state index is 0.243. The van der Waals surface area contributed by atoms with Crippen molar-refractivity contribution in [2.75, 3.05) is 66.1 Å². The molecule has 2 heterocycles. The number of piperazine rings is 1. The monoisotopic (exact) mass is 391 g/mol. The van der Waals surface area contributed by atoms with Crippen LogP contribution in [0, 0.1) is 11.8 Å². The van der Waals surface area contributed by atoms with Gasteiger partial charge in [-0.1, -0.05) is 32.1 Å². The second-order valence-corrected chi connectivity index (χ2v) is 8.85. The Bertz CT molecular complexity index is 549. The molecule has 2 saturated carbocycles. The van der Waals surface area contributed by atoms with Gasteiger partial charge in [-0.25, -0.2) is 0 Å². The van der Waals surface area contributed by atoms with E-state index in [0.717, 1.165) is 57.1 Å². The molecule has 2 atom stereocenters. The van der Waals surface area contributed by atoms with Crippen molar-refractivity contribution in [3.63, 3.8) is 0 Å². The molecule has 1 N–H and O–H groups in total. The highest BCUT2D eigenvalue weighted by Gasteiger charge is 2.44. The molecule has 158 valence electrons. The molecule has 0 aromatic rings. The molecule has 4 fully saturated rings. The van der Waals surface area contributed by atoms with Crippen LogP contribution in [-0.2, 0) is 9.53 Å². The highest BCUT2D eigenvalue weighted by atomic mass is 16.5. The van der Waals surface area contributed by atoms with Crippen molar-refractivity contribution < 1.29 is 9.53 Å². The molecular weight excluding hydrogens is 354 g/mol. The maximum absolute atomic E-state index is 12.5. The van der Waals surface area contributed by atoms with Crippen LogP contribution in [0.25, 0.3) is 0 Å². The lowest BCUT2D eigenvalue weighted by Crippen LogP contribution is -2.55. The molecule has 7 nitrogen and oxygen atoms in total. The normalized spacial score (nSPS) is 30.4. The highest BCUT2D eigenvalue weighted by Crippen LogP contribution is 2.44. The molecule has 28 heavy (non-hydrogen) atoms. The number of guanidine groups is 1. The summed E-state index contributed by atoms with van der Waals surface area (Å²) >= 11 is 0. The maximum Gasteiger partial charge on any atom is 0.236 e. The Morgan fingerprint density at radius 1 is 1.00 bits per heavy atom. The van der Waals surface area contributed by atoms with Crippen molar-refractivity contribution >= 4 is 11.9 Å². The van der Waals surface area contributed by atoms with Crippen molar-refractivity contribution in [3.8, 4) is 0 Å². The van der Waals surface area contributed by atoms with E-state index in [4.69, 9.17) is 4.74 Å². The summed E-state index contributed by atoms with van der Waals surface area (Å²) in [6, 6.07) is 0.628. The summed E-state index contributed by atoms with van der Waals surface area (Å²) in [5.74, 6) is 3.10. The fraction of sp³-hybridized carbons (Fsp3) is 0.905. The lowest BCUT2D eigenvalue weighted by atomic mass is 9.85. The summed E-state index contributed by atoms with van der Waals surface area (Å²) < 4.78 is 5.34. The van der Waals surface area contributed by atoms with Crippen LogP contribution in [0.4, 0.5) is 0 Å². The number of carbonyl (C=O) groups excluding carboxylic acids is 1. The van der Waals surface area contributed by atoms with Crippen LogP contribution in [0.5, 0.6) is 0 Å². The fourth-order valence-electron chi connectivity index (χ4n) is 5.15. The van der Waals surface area contributed by atoms with Gasteiger partial charge in [0.1, 0.15) is 0 Å². The standard InChI is InChI=1S/C21H37N5O2/c1-22-21(23-19-15-18(19)17-5-3-2-4-6-17)26-9-7-24(8-10-26)16-20(27)25-11-13-28-14-12-25/h17-19H,2-16H2,1H3,(H,22,23). The second-order valence-electron chi connectivity index (χ2n) is 8.85. The molecule has 2 aliphatic carbocycles. The van der Waals surface area contributed by atoms with Crippen molar-refractivity contribution in [2.45, 2.75) is 44.6 Å². The predicted octanol–water partition coefficient (Wildman–Crippen LogP) is 1.01. The Hall–Kier alpha value is -1.34. The molecule has 4 aliphatic rings. The number of ether oxygens (including phenoxy) is 1. The van der Waals surface area contributed by atoms with Gasteiger partial charge in [0.25, 0.3) is 0 Å². The summed E-state index contributed by atoms with van der Waals surface area (Å²) in [5, 5.41) is 3.73. The molecule has 4 rings (SSSR count). The van der Waals surface area contributed by atoms with Crippen molar-refractivity contribution in [2.24, 2.45) is 16.8 Å². The average molecular weight is 392 g/mol. The van der Waals surface area contributed by atoms with E-state index in [1.54, 1.807) is 0 Å². The SMILES string of the molecule is CN=C(NC1CC1C1CCCCC1)N1CCN(CC(=O)N2CCOCC2)CC1. The molecule has 0 radical (unpaired) electrons. The number of aliphatic imine (C=N–C) groups is 1. The Morgan fingerprint density at radius 3 is 2.39 bits per heavy atom. The minimum absolute atomic E-state index is 0.243. The maximum atomic E-state index is 12.5. The van der Waals surface area contributed by atoms with E-state index in [0.29, 0.717) is 25.8 Å². The van der Waals surface area contributed by atoms with Crippen molar-refractivity contribution in [1.82, 2.24) is 20.0 Å². The van der Waals surface area contributed by atoms with Gasteiger partial charge in [-0.15, -0.1) is 0 Å². The van der Waals surface area contributed by atoms with Crippen molar-refractivity contribution in [3.05, 3.63) is 0 Å². The first-order chi connectivity index (χ1) is 13.7. The summed E-state index contributed by atoms with van der Waals surface area (Å²) in [7, 11) is 1.90. The van der Waals surface area contributed by atoms with E-state index in [-0.39, 0.29) is 5.91 Å². The molecule has 0 bridgehead atoms. The first kappa shape index (κ1) is 20.0. The third-order valence-electron chi connectivity index (χ3n) is 7.02. The first-order valence-corrected chi connectivity index (χ1v) is 11.3. The molecular formula is C21H37N5O2. The number of nitrogens with one attached hydrogen (secondary N) is 1. The lowest BCUT2D eigenvalue weighted by Gasteiger charge is -2.37. The predicted molar refractivity (Wildman–Crippen MR) is 110 cm³/mol. The number of hydrogen-bond acceptors (Lipinski definition) is 4. The highest BCUT2D eigenvalue weighted by molar-refractivity contribution is 5.81. The number of hydrogen-bond donors (Lipinski definition) is 1. The van der Waals surface area contributed by atoms with E-state index in [9.17, 15) is 4.79 Å². The summed E-state index contributed by atoms with van der Waals surface area (Å²) in [4.78, 5) is 23.6. The van der Waals surface area contributed by atoms with Gasteiger partial charge in [0, 0.05) is 52.4 Å². The Balaban J connectivity index is 1.19. The van der Waals surface area contributed by atoms with Gasteiger partial charge in [-0.2, -0.15) is 0 Å². The fourth-order valence-corrected chi connectivity index (χ4v) is 5.15. The average Bonchev–Trinajstić information content (AvgIpc) is 3.53. The van der Waals surface area contributed by atoms with Crippen LogP contribution in [0.15, 0.2) is 4.99 Å².